The number of aryl methyl sites for hydroxylation is 1. The Hall–Kier alpha value is -4.58. The van der Waals surface area contributed by atoms with Crippen molar-refractivity contribution in [1.29, 1.82) is 0 Å². The fourth-order valence-corrected chi connectivity index (χ4v) is 4.88. The Morgan fingerprint density at radius 2 is 1.95 bits per heavy atom. The van der Waals surface area contributed by atoms with Crippen molar-refractivity contribution in [3.8, 4) is 22.5 Å². The molecule has 3 heterocycles. The smallest absolute Gasteiger partial charge is 0.411 e. The molecule has 220 valence electrons. The van der Waals surface area contributed by atoms with Gasteiger partial charge in [-0.05, 0) is 36.6 Å². The number of anilines is 2. The summed E-state index contributed by atoms with van der Waals surface area (Å²) in [5.41, 5.74) is 2.01. The van der Waals surface area contributed by atoms with Gasteiger partial charge in [-0.1, -0.05) is 38.3 Å². The second-order valence-electron chi connectivity index (χ2n) is 10.0. The lowest BCUT2D eigenvalue weighted by molar-refractivity contribution is -0.105. The van der Waals surface area contributed by atoms with Gasteiger partial charge in [0.15, 0.2) is 5.82 Å². The Balaban J connectivity index is 1.79. The molecule has 11 nitrogen and oxygen atoms in total. The molecule has 1 atom stereocenters. The second kappa shape index (κ2) is 13.4. The maximum absolute atomic E-state index is 15.2. The average Bonchev–Trinajstić information content (AvgIpc) is 3.33. The third-order valence-electron chi connectivity index (χ3n) is 6.75. The zero-order valence-corrected chi connectivity index (χ0v) is 24.4. The minimum absolute atomic E-state index is 0.00948. The van der Waals surface area contributed by atoms with E-state index >= 15 is 4.39 Å². The largest absolute Gasteiger partial charge is 0.453 e. The van der Waals surface area contributed by atoms with Crippen LogP contribution in [0.5, 0.6) is 0 Å². The van der Waals surface area contributed by atoms with Gasteiger partial charge in [-0.15, -0.1) is 0 Å². The molecule has 2 amide bonds. The van der Waals surface area contributed by atoms with E-state index in [0.717, 1.165) is 18.4 Å². The molecule has 0 aliphatic heterocycles. The highest BCUT2D eigenvalue weighted by molar-refractivity contribution is 6.31. The van der Waals surface area contributed by atoms with Crippen LogP contribution in [0.1, 0.15) is 44.8 Å². The molecule has 0 radical (unpaired) electrons. The molecule has 1 unspecified atom stereocenters. The van der Waals surface area contributed by atoms with E-state index in [1.165, 1.54) is 36.2 Å². The molecule has 0 aliphatic rings. The van der Waals surface area contributed by atoms with Crippen molar-refractivity contribution in [2.45, 2.75) is 39.2 Å². The van der Waals surface area contributed by atoms with Crippen LogP contribution in [0.3, 0.4) is 0 Å². The zero-order valence-electron chi connectivity index (χ0n) is 23.6. The molecular weight excluding hydrogens is 565 g/mol. The molecule has 4 aromatic rings. The van der Waals surface area contributed by atoms with Crippen molar-refractivity contribution in [3.63, 3.8) is 0 Å². The lowest BCUT2D eigenvalue weighted by Crippen LogP contribution is -2.26. The Morgan fingerprint density at radius 3 is 2.64 bits per heavy atom. The van der Waals surface area contributed by atoms with E-state index < -0.39 is 23.5 Å². The minimum Gasteiger partial charge on any atom is -0.453 e. The Morgan fingerprint density at radius 1 is 1.17 bits per heavy atom. The zero-order chi connectivity index (χ0) is 30.4. The van der Waals surface area contributed by atoms with Gasteiger partial charge in [-0.3, -0.25) is 29.1 Å². The number of nitrogens with one attached hydrogen (secondary N) is 2. The third kappa shape index (κ3) is 6.65. The third-order valence-corrected chi connectivity index (χ3v) is 7.04. The molecule has 1 aromatic carbocycles. The van der Waals surface area contributed by atoms with Gasteiger partial charge >= 0.3 is 6.09 Å². The summed E-state index contributed by atoms with van der Waals surface area (Å²) in [7, 11) is 2.94. The predicted octanol–water partition coefficient (Wildman–Crippen LogP) is 5.66. The van der Waals surface area contributed by atoms with Gasteiger partial charge in [0.2, 0.25) is 6.41 Å². The molecule has 13 heteroatoms. The summed E-state index contributed by atoms with van der Waals surface area (Å²) >= 11 is 6.02. The van der Waals surface area contributed by atoms with E-state index in [1.807, 2.05) is 6.07 Å². The van der Waals surface area contributed by atoms with Gasteiger partial charge in [0.1, 0.15) is 0 Å². The van der Waals surface area contributed by atoms with Gasteiger partial charge in [0, 0.05) is 24.9 Å². The Kier molecular flexibility index (Phi) is 9.68. The fraction of sp³-hybridized carbons (Fsp3) is 0.310. The van der Waals surface area contributed by atoms with Crippen molar-refractivity contribution >= 4 is 35.5 Å². The van der Waals surface area contributed by atoms with Crippen LogP contribution >= 0.6 is 11.6 Å². The molecule has 0 spiro atoms. The van der Waals surface area contributed by atoms with Crippen LogP contribution in [0.2, 0.25) is 5.02 Å². The summed E-state index contributed by atoms with van der Waals surface area (Å²) in [5.74, 6) is -0.380. The molecular formula is C29H31ClFN7O4. The van der Waals surface area contributed by atoms with Crippen molar-refractivity contribution < 1.29 is 18.7 Å². The molecule has 42 heavy (non-hydrogen) atoms. The van der Waals surface area contributed by atoms with Crippen molar-refractivity contribution in [1.82, 2.24) is 24.3 Å². The Bertz CT molecular complexity index is 1650. The summed E-state index contributed by atoms with van der Waals surface area (Å²) < 4.78 is 22.9. The first-order chi connectivity index (χ1) is 20.1. The number of carbonyl (C=O) groups excluding carboxylic acids is 2. The molecule has 0 bridgehead atoms. The topological polar surface area (TPSA) is 133 Å². The molecule has 2 N–H and O–H groups in total. The highest BCUT2D eigenvalue weighted by Gasteiger charge is 2.22. The lowest BCUT2D eigenvalue weighted by Gasteiger charge is -2.21. The number of aromatic nitrogens is 5. The fourth-order valence-electron chi connectivity index (χ4n) is 4.72. The number of carbonyl (C=O) groups is 2. The summed E-state index contributed by atoms with van der Waals surface area (Å²) in [6.07, 6.45) is 6.62. The standard InChI is InChI=1S/C29H31ClFN7O4/c1-17(2)6-5-7-24(21-12-18(10-11-32-21)28-23(34-16-39)14-35-37(28)3)38-15-33-22(13-25(38)40)26-20(36-29(41)42-4)9-8-19(30)27(26)31/h8-17,24H,5-7H2,1-4H3,(H,34,39)(H,36,41). The van der Waals surface area contributed by atoms with Gasteiger partial charge in [0.25, 0.3) is 5.56 Å². The lowest BCUT2D eigenvalue weighted by atomic mass is 9.99. The summed E-state index contributed by atoms with van der Waals surface area (Å²) in [4.78, 5) is 45.6. The molecule has 4 rings (SSSR count). The number of pyridine rings is 1. The molecule has 3 aromatic heterocycles. The van der Waals surface area contributed by atoms with E-state index in [0.29, 0.717) is 35.8 Å². The SMILES string of the molecule is COC(=O)Nc1ccc(Cl)c(F)c1-c1cc(=O)n(C(CCCC(C)C)c2cc(-c3c(NC=O)cnn3C)ccn2)cn1. The molecule has 0 fully saturated rings. The van der Waals surface area contributed by atoms with Crippen LogP contribution in [-0.2, 0) is 16.6 Å². The predicted molar refractivity (Wildman–Crippen MR) is 158 cm³/mol. The summed E-state index contributed by atoms with van der Waals surface area (Å²) in [6.45, 7) is 4.25. The number of nitrogens with zero attached hydrogens (tertiary/aromatic N) is 5. The first-order valence-corrected chi connectivity index (χ1v) is 13.6. The van der Waals surface area contributed by atoms with Crippen LogP contribution in [0.25, 0.3) is 22.5 Å². The first kappa shape index (κ1) is 30.4. The number of halogens is 2. The van der Waals surface area contributed by atoms with Crippen LogP contribution < -0.4 is 16.2 Å². The van der Waals surface area contributed by atoms with E-state index in [-0.39, 0.29) is 22.0 Å². The number of rotatable bonds is 11. The van der Waals surface area contributed by atoms with Crippen LogP contribution in [0, 0.1) is 11.7 Å². The average molecular weight is 596 g/mol. The van der Waals surface area contributed by atoms with Crippen LogP contribution in [-0.4, -0.2) is 43.9 Å². The van der Waals surface area contributed by atoms with Gasteiger partial charge in [-0.2, -0.15) is 5.10 Å². The van der Waals surface area contributed by atoms with Crippen molar-refractivity contribution in [2.24, 2.45) is 13.0 Å². The van der Waals surface area contributed by atoms with E-state index in [2.05, 4.69) is 44.3 Å². The maximum Gasteiger partial charge on any atom is 0.411 e. The number of ether oxygens (including phenoxy) is 1. The second-order valence-corrected chi connectivity index (χ2v) is 10.4. The normalized spacial score (nSPS) is 11.8. The van der Waals surface area contributed by atoms with Crippen molar-refractivity contribution in [3.05, 3.63) is 75.9 Å². The Labute approximate surface area is 246 Å². The number of methoxy groups -OCH3 is 1. The minimum atomic E-state index is -0.839. The summed E-state index contributed by atoms with van der Waals surface area (Å²) in [6, 6.07) is 7.04. The number of benzene rings is 1. The number of hydrogen-bond donors (Lipinski definition) is 2. The number of amides is 2. The van der Waals surface area contributed by atoms with Crippen molar-refractivity contribution in [2.75, 3.05) is 17.7 Å². The summed E-state index contributed by atoms with van der Waals surface area (Å²) in [5, 5.41) is 9.14. The van der Waals surface area contributed by atoms with E-state index in [9.17, 15) is 14.4 Å². The monoisotopic (exact) mass is 595 g/mol. The molecule has 0 aliphatic carbocycles. The molecule has 0 saturated heterocycles. The van der Waals surface area contributed by atoms with E-state index in [4.69, 9.17) is 11.6 Å². The van der Waals surface area contributed by atoms with Crippen LogP contribution in [0.4, 0.5) is 20.6 Å². The quantitative estimate of drug-likeness (QED) is 0.214. The first-order valence-electron chi connectivity index (χ1n) is 13.2. The van der Waals surface area contributed by atoms with Gasteiger partial charge < -0.3 is 10.1 Å². The van der Waals surface area contributed by atoms with E-state index in [1.54, 1.807) is 30.2 Å². The number of hydrogen-bond acceptors (Lipinski definition) is 7. The molecule has 0 saturated carbocycles. The highest BCUT2D eigenvalue weighted by atomic mass is 35.5. The van der Waals surface area contributed by atoms with Crippen LogP contribution in [0.15, 0.2) is 53.8 Å². The highest BCUT2D eigenvalue weighted by Crippen LogP contribution is 2.34. The van der Waals surface area contributed by atoms with Gasteiger partial charge in [0.05, 0.1) is 64.7 Å². The van der Waals surface area contributed by atoms with Gasteiger partial charge in [-0.25, -0.2) is 14.2 Å². The maximum atomic E-state index is 15.2.